The third-order valence-electron chi connectivity index (χ3n) is 3.12. The Morgan fingerprint density at radius 2 is 2.05 bits per heavy atom. The molecule has 1 N–H and O–H groups in total. The molecule has 2 aromatic rings. The van der Waals surface area contributed by atoms with Crippen molar-refractivity contribution in [3.63, 3.8) is 0 Å². The number of benzene rings is 2. The lowest BCUT2D eigenvalue weighted by atomic mass is 10.1. The average Bonchev–Trinajstić information content (AvgIpc) is 2.46. The first-order valence-electron chi connectivity index (χ1n) is 6.32. The smallest absolute Gasteiger partial charge is 0.272 e. The van der Waals surface area contributed by atoms with Crippen LogP contribution in [0.25, 0.3) is 0 Å². The summed E-state index contributed by atoms with van der Waals surface area (Å²) < 4.78 is 18.2. The molecule has 0 aliphatic heterocycles. The van der Waals surface area contributed by atoms with Crippen LogP contribution < -0.4 is 10.1 Å². The van der Waals surface area contributed by atoms with E-state index in [1.807, 2.05) is 6.07 Å². The van der Waals surface area contributed by atoms with Gasteiger partial charge in [-0.3, -0.25) is 10.1 Å². The van der Waals surface area contributed by atoms with Crippen molar-refractivity contribution in [1.82, 2.24) is 0 Å². The number of hydrogen-bond donors (Lipinski definition) is 1. The molecule has 6 heteroatoms. The van der Waals surface area contributed by atoms with Crippen LogP contribution in [0, 0.1) is 22.9 Å². The first-order valence-corrected chi connectivity index (χ1v) is 6.32. The van der Waals surface area contributed by atoms with Crippen molar-refractivity contribution >= 4 is 11.4 Å². The van der Waals surface area contributed by atoms with Crippen LogP contribution in [-0.4, -0.2) is 12.0 Å². The largest absolute Gasteiger partial charge is 0.494 e. The molecular formula is C15H15FN2O3. The second-order valence-electron chi connectivity index (χ2n) is 4.58. The number of ether oxygens (including phenoxy) is 1. The van der Waals surface area contributed by atoms with Gasteiger partial charge in [0.05, 0.1) is 17.7 Å². The lowest BCUT2D eigenvalue weighted by molar-refractivity contribution is -0.385. The van der Waals surface area contributed by atoms with Crippen molar-refractivity contribution < 1.29 is 14.1 Å². The van der Waals surface area contributed by atoms with Gasteiger partial charge in [0, 0.05) is 24.2 Å². The molecule has 0 amide bonds. The predicted octanol–water partition coefficient (Wildman–Crippen LogP) is 3.66. The molecule has 0 fully saturated rings. The molecule has 0 heterocycles. The third-order valence-corrected chi connectivity index (χ3v) is 3.12. The molecule has 2 rings (SSSR count). The second kappa shape index (κ2) is 6.21. The van der Waals surface area contributed by atoms with Gasteiger partial charge in [-0.25, -0.2) is 4.39 Å². The highest BCUT2D eigenvalue weighted by molar-refractivity contribution is 5.57. The Labute approximate surface area is 121 Å². The van der Waals surface area contributed by atoms with Crippen LogP contribution in [0.15, 0.2) is 36.4 Å². The summed E-state index contributed by atoms with van der Waals surface area (Å²) in [6.45, 7) is 2.07. The minimum Gasteiger partial charge on any atom is -0.494 e. The highest BCUT2D eigenvalue weighted by Crippen LogP contribution is 2.26. The molecule has 21 heavy (non-hydrogen) atoms. The van der Waals surface area contributed by atoms with Gasteiger partial charge >= 0.3 is 0 Å². The van der Waals surface area contributed by atoms with Crippen molar-refractivity contribution in [2.24, 2.45) is 0 Å². The molecule has 0 aliphatic rings. The molecule has 0 atom stereocenters. The molecule has 2 aromatic carbocycles. The Kier molecular flexibility index (Phi) is 4.37. The molecule has 0 saturated heterocycles. The maximum Gasteiger partial charge on any atom is 0.272 e. The van der Waals surface area contributed by atoms with Gasteiger partial charge in [-0.15, -0.1) is 0 Å². The SMILES string of the molecule is COc1cc(F)ccc1NCc1ccc(C)c([N+](=O)[O-])c1. The van der Waals surface area contributed by atoms with E-state index >= 15 is 0 Å². The minimum atomic E-state index is -0.405. The minimum absolute atomic E-state index is 0.0837. The zero-order chi connectivity index (χ0) is 15.4. The van der Waals surface area contributed by atoms with Gasteiger partial charge in [-0.2, -0.15) is 0 Å². The number of rotatable bonds is 5. The van der Waals surface area contributed by atoms with E-state index in [0.717, 1.165) is 5.56 Å². The molecule has 110 valence electrons. The van der Waals surface area contributed by atoms with Gasteiger partial charge < -0.3 is 10.1 Å². The predicted molar refractivity (Wildman–Crippen MR) is 78.1 cm³/mol. The van der Waals surface area contributed by atoms with Crippen LogP contribution >= 0.6 is 0 Å². The molecule has 0 radical (unpaired) electrons. The summed E-state index contributed by atoms with van der Waals surface area (Å²) >= 11 is 0. The molecule has 0 unspecified atom stereocenters. The number of halogens is 1. The van der Waals surface area contributed by atoms with Crippen LogP contribution in [-0.2, 0) is 6.54 Å². The molecule has 0 spiro atoms. The van der Waals surface area contributed by atoms with Gasteiger partial charge in [0.25, 0.3) is 5.69 Å². The van der Waals surface area contributed by atoms with E-state index in [1.165, 1.54) is 25.3 Å². The number of nitrogens with zero attached hydrogens (tertiary/aromatic N) is 1. The topological polar surface area (TPSA) is 64.4 Å². The van der Waals surface area contributed by atoms with E-state index in [-0.39, 0.29) is 11.5 Å². The van der Waals surface area contributed by atoms with Crippen LogP contribution in [0.2, 0.25) is 0 Å². The van der Waals surface area contributed by atoms with E-state index in [0.29, 0.717) is 23.5 Å². The van der Waals surface area contributed by atoms with Gasteiger partial charge in [0.2, 0.25) is 0 Å². The van der Waals surface area contributed by atoms with E-state index in [1.54, 1.807) is 19.1 Å². The molecule has 0 aliphatic carbocycles. The number of anilines is 1. The number of nitro benzene ring substituents is 1. The zero-order valence-corrected chi connectivity index (χ0v) is 11.7. The Hall–Kier alpha value is -2.63. The second-order valence-corrected chi connectivity index (χ2v) is 4.58. The summed E-state index contributed by atoms with van der Waals surface area (Å²) in [5, 5.41) is 14.0. The lowest BCUT2D eigenvalue weighted by Crippen LogP contribution is -2.03. The number of aryl methyl sites for hydroxylation is 1. The quantitative estimate of drug-likeness (QED) is 0.674. The van der Waals surface area contributed by atoms with E-state index in [2.05, 4.69) is 5.32 Å². The molecular weight excluding hydrogens is 275 g/mol. The zero-order valence-electron chi connectivity index (χ0n) is 11.7. The average molecular weight is 290 g/mol. The summed E-state index contributed by atoms with van der Waals surface area (Å²) in [7, 11) is 1.46. The standard InChI is InChI=1S/C15H15FN2O3/c1-10-3-4-11(7-14(10)18(19)20)9-17-13-6-5-12(16)8-15(13)21-2/h3-8,17H,9H2,1-2H3. The van der Waals surface area contributed by atoms with Crippen LogP contribution in [0.3, 0.4) is 0 Å². The van der Waals surface area contributed by atoms with Crippen molar-refractivity contribution in [2.45, 2.75) is 13.5 Å². The van der Waals surface area contributed by atoms with E-state index in [4.69, 9.17) is 4.74 Å². The van der Waals surface area contributed by atoms with Crippen LogP contribution in [0.1, 0.15) is 11.1 Å². The van der Waals surface area contributed by atoms with Gasteiger partial charge in [0.1, 0.15) is 11.6 Å². The van der Waals surface area contributed by atoms with Crippen LogP contribution in [0.5, 0.6) is 5.75 Å². The van der Waals surface area contributed by atoms with Gasteiger partial charge in [-0.05, 0) is 24.6 Å². The molecule has 5 nitrogen and oxygen atoms in total. The van der Waals surface area contributed by atoms with Crippen molar-refractivity contribution in [3.05, 3.63) is 63.5 Å². The number of nitrogens with one attached hydrogen (secondary N) is 1. The van der Waals surface area contributed by atoms with Crippen molar-refractivity contribution in [1.29, 1.82) is 0 Å². The van der Waals surface area contributed by atoms with Crippen molar-refractivity contribution in [2.75, 3.05) is 12.4 Å². The number of nitro groups is 1. The van der Waals surface area contributed by atoms with Crippen molar-refractivity contribution in [3.8, 4) is 5.75 Å². The summed E-state index contributed by atoms with van der Waals surface area (Å²) in [5.74, 6) is -0.0000138. The molecule has 0 saturated carbocycles. The molecule has 0 aromatic heterocycles. The summed E-state index contributed by atoms with van der Waals surface area (Å²) in [4.78, 5) is 10.5. The van der Waals surface area contributed by atoms with E-state index in [9.17, 15) is 14.5 Å². The molecule has 0 bridgehead atoms. The number of hydrogen-bond acceptors (Lipinski definition) is 4. The summed E-state index contributed by atoms with van der Waals surface area (Å²) in [6.07, 6.45) is 0. The number of methoxy groups -OCH3 is 1. The highest BCUT2D eigenvalue weighted by atomic mass is 19.1. The Morgan fingerprint density at radius 3 is 2.71 bits per heavy atom. The fraction of sp³-hybridized carbons (Fsp3) is 0.200. The Balaban J connectivity index is 2.17. The van der Waals surface area contributed by atoms with Gasteiger partial charge in [0.15, 0.2) is 0 Å². The fourth-order valence-electron chi connectivity index (χ4n) is 1.97. The van der Waals surface area contributed by atoms with Crippen LogP contribution in [0.4, 0.5) is 15.8 Å². The van der Waals surface area contributed by atoms with E-state index < -0.39 is 4.92 Å². The van der Waals surface area contributed by atoms with Gasteiger partial charge in [-0.1, -0.05) is 12.1 Å². The lowest BCUT2D eigenvalue weighted by Gasteiger charge is -2.11. The summed E-state index contributed by atoms with van der Waals surface area (Å²) in [5.41, 5.74) is 2.09. The first-order chi connectivity index (χ1) is 10.0. The Morgan fingerprint density at radius 1 is 1.29 bits per heavy atom. The summed E-state index contributed by atoms with van der Waals surface area (Å²) in [6, 6.07) is 9.21. The maximum atomic E-state index is 13.1. The normalized spacial score (nSPS) is 10.2. The monoisotopic (exact) mass is 290 g/mol. The fourth-order valence-corrected chi connectivity index (χ4v) is 1.97. The Bertz CT molecular complexity index is 674. The third kappa shape index (κ3) is 3.47. The first kappa shape index (κ1) is 14.8. The maximum absolute atomic E-state index is 13.1. The highest BCUT2D eigenvalue weighted by Gasteiger charge is 2.11.